The molecule has 1 heterocycles. The Bertz CT molecular complexity index is 470. The average molecular weight is 433 g/mol. The molecule has 0 saturated heterocycles. The second kappa shape index (κ2) is 10.7. The minimum atomic E-state index is 0. The van der Waals surface area contributed by atoms with E-state index in [0.717, 1.165) is 44.3 Å². The van der Waals surface area contributed by atoms with Crippen molar-refractivity contribution in [1.29, 1.82) is 0 Å². The van der Waals surface area contributed by atoms with Crippen LogP contribution in [0.15, 0.2) is 40.5 Å². The number of nitrogens with zero attached hydrogens (tertiary/aromatic N) is 1. The van der Waals surface area contributed by atoms with Crippen LogP contribution in [0.4, 0.5) is 0 Å². The van der Waals surface area contributed by atoms with Crippen LogP contribution in [0, 0.1) is 5.41 Å². The van der Waals surface area contributed by atoms with Crippen molar-refractivity contribution in [1.82, 2.24) is 10.6 Å². The molecule has 6 heteroatoms. The van der Waals surface area contributed by atoms with E-state index >= 15 is 0 Å². The Morgan fingerprint density at radius 1 is 1.48 bits per heavy atom. The lowest BCUT2D eigenvalue weighted by Gasteiger charge is -2.15. The molecule has 2 rings (SSSR count). The van der Waals surface area contributed by atoms with Crippen LogP contribution < -0.4 is 10.6 Å². The molecular weight excluding hydrogens is 405 g/mol. The van der Waals surface area contributed by atoms with Gasteiger partial charge < -0.3 is 19.8 Å². The lowest BCUT2D eigenvalue weighted by molar-refractivity contribution is 0.174. The third-order valence-corrected chi connectivity index (χ3v) is 4.02. The molecule has 0 amide bonds. The van der Waals surface area contributed by atoms with Gasteiger partial charge in [0.25, 0.3) is 0 Å². The van der Waals surface area contributed by atoms with E-state index in [1.165, 1.54) is 12.8 Å². The number of halogens is 1. The zero-order chi connectivity index (χ0) is 15.7. The van der Waals surface area contributed by atoms with E-state index < -0.39 is 0 Å². The molecule has 1 fully saturated rings. The molecule has 5 nitrogen and oxygen atoms in total. The second-order valence-electron chi connectivity index (χ2n) is 5.83. The van der Waals surface area contributed by atoms with Crippen molar-refractivity contribution in [3.05, 3.63) is 36.8 Å². The first-order chi connectivity index (χ1) is 10.8. The molecule has 0 bridgehead atoms. The highest BCUT2D eigenvalue weighted by atomic mass is 127. The predicted octanol–water partition coefficient (Wildman–Crippen LogP) is 2.98. The predicted molar refractivity (Wildman–Crippen MR) is 104 cm³/mol. The van der Waals surface area contributed by atoms with Gasteiger partial charge in [0.2, 0.25) is 0 Å². The van der Waals surface area contributed by atoms with Crippen LogP contribution in [-0.2, 0) is 11.2 Å². The molecule has 1 aliphatic carbocycles. The van der Waals surface area contributed by atoms with Crippen molar-refractivity contribution < 1.29 is 9.15 Å². The number of ether oxygens (including phenoxy) is 1. The molecular formula is C17H28IN3O2. The lowest BCUT2D eigenvalue weighted by atomic mass is 10.0. The second-order valence-corrected chi connectivity index (χ2v) is 5.83. The Kier molecular flexibility index (Phi) is 9.31. The largest absolute Gasteiger partial charge is 0.469 e. The van der Waals surface area contributed by atoms with Crippen LogP contribution >= 0.6 is 24.0 Å². The summed E-state index contributed by atoms with van der Waals surface area (Å²) in [5.74, 6) is 1.82. The lowest BCUT2D eigenvalue weighted by Crippen LogP contribution is -2.39. The number of methoxy groups -OCH3 is 1. The molecule has 130 valence electrons. The molecule has 0 aromatic carbocycles. The minimum Gasteiger partial charge on any atom is -0.469 e. The Morgan fingerprint density at radius 3 is 2.91 bits per heavy atom. The number of furan rings is 1. The standard InChI is InChI=1S/C17H27N3O2.HI/c1-3-10-18-16(19-11-6-15-5-4-12-22-15)20-14-17(7-8-17)9-13-21-2;/h3-5,12H,1,6-11,13-14H2,2H3,(H2,18,19,20);1H. The fourth-order valence-corrected chi connectivity index (χ4v) is 2.33. The first-order valence-electron chi connectivity index (χ1n) is 7.92. The summed E-state index contributed by atoms with van der Waals surface area (Å²) in [6, 6.07) is 3.90. The fraction of sp³-hybridized carbons (Fsp3) is 0.588. The van der Waals surface area contributed by atoms with E-state index in [1.807, 2.05) is 18.2 Å². The number of rotatable bonds is 10. The van der Waals surface area contributed by atoms with Crippen LogP contribution in [0.25, 0.3) is 0 Å². The number of hydrogen-bond acceptors (Lipinski definition) is 3. The summed E-state index contributed by atoms with van der Waals surface area (Å²) in [4.78, 5) is 4.73. The topological polar surface area (TPSA) is 58.8 Å². The molecule has 1 aromatic heterocycles. The molecule has 0 radical (unpaired) electrons. The Hall–Kier alpha value is -1.02. The molecule has 1 aliphatic rings. The van der Waals surface area contributed by atoms with E-state index in [4.69, 9.17) is 14.1 Å². The molecule has 23 heavy (non-hydrogen) atoms. The van der Waals surface area contributed by atoms with Crippen LogP contribution in [0.5, 0.6) is 0 Å². The van der Waals surface area contributed by atoms with Gasteiger partial charge in [-0.2, -0.15) is 0 Å². The summed E-state index contributed by atoms with van der Waals surface area (Å²) in [6.07, 6.45) is 7.97. The molecule has 0 spiro atoms. The number of aliphatic imine (C=N–C) groups is 1. The van der Waals surface area contributed by atoms with Gasteiger partial charge in [0.15, 0.2) is 5.96 Å². The van der Waals surface area contributed by atoms with Gasteiger partial charge in [-0.3, -0.25) is 4.99 Å². The molecule has 1 aromatic rings. The maximum atomic E-state index is 5.33. The summed E-state index contributed by atoms with van der Waals surface area (Å²) in [5.41, 5.74) is 0.361. The Morgan fingerprint density at radius 2 is 2.30 bits per heavy atom. The van der Waals surface area contributed by atoms with E-state index in [0.29, 0.717) is 12.0 Å². The van der Waals surface area contributed by atoms with E-state index in [1.54, 1.807) is 13.4 Å². The van der Waals surface area contributed by atoms with Gasteiger partial charge in [0, 0.05) is 39.8 Å². The quantitative estimate of drug-likeness (QED) is 0.258. The third kappa shape index (κ3) is 7.39. The van der Waals surface area contributed by atoms with Gasteiger partial charge in [-0.25, -0.2) is 0 Å². The number of nitrogens with one attached hydrogen (secondary N) is 2. The van der Waals surface area contributed by atoms with Crippen molar-refractivity contribution in [3.63, 3.8) is 0 Å². The van der Waals surface area contributed by atoms with Gasteiger partial charge in [0.1, 0.15) is 5.76 Å². The first kappa shape index (κ1) is 20.0. The maximum absolute atomic E-state index is 5.33. The van der Waals surface area contributed by atoms with Crippen molar-refractivity contribution in [2.75, 3.05) is 33.4 Å². The SMILES string of the molecule is C=CCNC(=NCC1(CCOC)CC1)NCCc1ccco1.I. The molecule has 2 N–H and O–H groups in total. The van der Waals surface area contributed by atoms with Gasteiger partial charge >= 0.3 is 0 Å². The number of hydrogen-bond donors (Lipinski definition) is 2. The maximum Gasteiger partial charge on any atom is 0.191 e. The smallest absolute Gasteiger partial charge is 0.191 e. The monoisotopic (exact) mass is 433 g/mol. The molecule has 0 aliphatic heterocycles. The highest BCUT2D eigenvalue weighted by Crippen LogP contribution is 2.48. The minimum absolute atomic E-state index is 0. The highest BCUT2D eigenvalue weighted by Gasteiger charge is 2.41. The third-order valence-electron chi connectivity index (χ3n) is 4.02. The zero-order valence-electron chi connectivity index (χ0n) is 13.8. The summed E-state index contributed by atoms with van der Waals surface area (Å²) >= 11 is 0. The highest BCUT2D eigenvalue weighted by molar-refractivity contribution is 14.0. The van der Waals surface area contributed by atoms with Gasteiger partial charge in [-0.15, -0.1) is 30.6 Å². The first-order valence-corrected chi connectivity index (χ1v) is 7.92. The summed E-state index contributed by atoms with van der Waals surface area (Å²) in [5, 5.41) is 6.61. The molecule has 0 atom stereocenters. The normalized spacial score (nSPS) is 15.6. The summed E-state index contributed by atoms with van der Waals surface area (Å²) < 4.78 is 10.5. The van der Waals surface area contributed by atoms with E-state index in [2.05, 4.69) is 17.2 Å². The van der Waals surface area contributed by atoms with Crippen LogP contribution in [0.2, 0.25) is 0 Å². The van der Waals surface area contributed by atoms with E-state index in [9.17, 15) is 0 Å². The van der Waals surface area contributed by atoms with Crippen molar-refractivity contribution in [3.8, 4) is 0 Å². The van der Waals surface area contributed by atoms with Gasteiger partial charge in [-0.05, 0) is 36.8 Å². The summed E-state index contributed by atoms with van der Waals surface area (Å²) in [6.45, 7) is 6.90. The van der Waals surface area contributed by atoms with Crippen LogP contribution in [0.3, 0.4) is 0 Å². The Balaban J connectivity index is 0.00000264. The van der Waals surface area contributed by atoms with Crippen molar-refractivity contribution >= 4 is 29.9 Å². The van der Waals surface area contributed by atoms with Gasteiger partial charge in [-0.1, -0.05) is 6.08 Å². The zero-order valence-corrected chi connectivity index (χ0v) is 16.2. The van der Waals surface area contributed by atoms with Crippen LogP contribution in [-0.4, -0.2) is 39.3 Å². The average Bonchev–Trinajstić information content (AvgIpc) is 3.11. The number of guanidine groups is 1. The van der Waals surface area contributed by atoms with E-state index in [-0.39, 0.29) is 24.0 Å². The fourth-order valence-electron chi connectivity index (χ4n) is 2.33. The molecule has 1 saturated carbocycles. The Labute approximate surface area is 156 Å². The van der Waals surface area contributed by atoms with Crippen LogP contribution in [0.1, 0.15) is 25.0 Å². The summed E-state index contributed by atoms with van der Waals surface area (Å²) in [7, 11) is 1.76. The molecule has 0 unspecified atom stereocenters. The van der Waals surface area contributed by atoms with Crippen molar-refractivity contribution in [2.45, 2.75) is 25.7 Å². The van der Waals surface area contributed by atoms with Crippen molar-refractivity contribution in [2.24, 2.45) is 10.4 Å². The van der Waals surface area contributed by atoms with Gasteiger partial charge in [0.05, 0.1) is 6.26 Å².